The van der Waals surface area contributed by atoms with Gasteiger partial charge < -0.3 is 5.32 Å². The number of benzene rings is 1. The lowest BCUT2D eigenvalue weighted by atomic mass is 10.3. The van der Waals surface area contributed by atoms with Gasteiger partial charge in [0, 0.05) is 12.7 Å². The molecule has 0 saturated heterocycles. The van der Waals surface area contributed by atoms with E-state index in [1.165, 1.54) is 7.11 Å². The largest absolute Gasteiger partial charge is 0.388 e. The summed E-state index contributed by atoms with van der Waals surface area (Å²) in [7, 11) is 3.25. The van der Waals surface area contributed by atoms with Gasteiger partial charge in [-0.15, -0.1) is 0 Å². The average molecular weight is 185 g/mol. The molecule has 1 N–H and O–H groups in total. The molecule has 0 bridgehead atoms. The summed E-state index contributed by atoms with van der Waals surface area (Å²) in [6.45, 7) is 0. The van der Waals surface area contributed by atoms with Crippen LogP contribution in [-0.4, -0.2) is 18.4 Å². The second-order valence-corrected chi connectivity index (χ2v) is 3.45. The highest BCUT2D eigenvalue weighted by Gasteiger charge is 2.00. The first kappa shape index (κ1) is 9.22. The Hall–Kier alpha value is -0.870. The van der Waals surface area contributed by atoms with Gasteiger partial charge in [-0.25, -0.2) is 4.21 Å². The maximum absolute atomic E-state index is 11.1. The highest BCUT2D eigenvalue weighted by Crippen LogP contribution is 2.11. The molecule has 12 heavy (non-hydrogen) atoms. The van der Waals surface area contributed by atoms with Gasteiger partial charge in [-0.2, -0.15) is 0 Å². The smallest absolute Gasteiger partial charge is 0.188 e. The Bertz CT molecular complexity index is 271. The minimum atomic E-state index is -1.33. The minimum Gasteiger partial charge on any atom is -0.388 e. The first-order valence-corrected chi connectivity index (χ1v) is 4.59. The van der Waals surface area contributed by atoms with Gasteiger partial charge in [0.15, 0.2) is 11.1 Å². The molecule has 0 aliphatic carbocycles. The summed E-state index contributed by atoms with van der Waals surface area (Å²) < 4.78 is 15.7. The fourth-order valence-electron chi connectivity index (χ4n) is 0.829. The van der Waals surface area contributed by atoms with Gasteiger partial charge in [-0.1, -0.05) is 0 Å². The molecule has 0 heterocycles. The molecule has 0 aliphatic heterocycles. The molecule has 1 atom stereocenters. The van der Waals surface area contributed by atoms with E-state index in [0.717, 1.165) is 5.69 Å². The molecule has 3 nitrogen and oxygen atoms in total. The van der Waals surface area contributed by atoms with E-state index in [0.29, 0.717) is 4.90 Å². The van der Waals surface area contributed by atoms with Crippen molar-refractivity contribution in [3.63, 3.8) is 0 Å². The molecule has 1 unspecified atom stereocenters. The summed E-state index contributed by atoms with van der Waals surface area (Å²) >= 11 is -1.33. The number of hydrogen-bond acceptors (Lipinski definition) is 3. The number of nitrogens with one attached hydrogen (secondary N) is 1. The molecule has 0 aliphatic rings. The van der Waals surface area contributed by atoms with Gasteiger partial charge in [-0.3, -0.25) is 4.18 Å². The number of anilines is 1. The zero-order chi connectivity index (χ0) is 8.97. The quantitative estimate of drug-likeness (QED) is 0.773. The fraction of sp³-hybridized carbons (Fsp3) is 0.250. The zero-order valence-corrected chi connectivity index (χ0v) is 7.85. The van der Waals surface area contributed by atoms with Crippen LogP contribution in [0.2, 0.25) is 0 Å². The Labute approximate surface area is 74.4 Å². The van der Waals surface area contributed by atoms with E-state index in [2.05, 4.69) is 9.50 Å². The first-order valence-electron chi connectivity index (χ1n) is 3.52. The Balaban J connectivity index is 2.84. The van der Waals surface area contributed by atoms with Crippen LogP contribution in [0.15, 0.2) is 29.2 Å². The van der Waals surface area contributed by atoms with Crippen molar-refractivity contribution in [3.05, 3.63) is 24.3 Å². The molecule has 1 aromatic rings. The SMILES string of the molecule is CNc1ccc(S(=O)OC)cc1. The number of hydrogen-bond donors (Lipinski definition) is 1. The third-order valence-corrected chi connectivity index (χ3v) is 2.45. The summed E-state index contributed by atoms with van der Waals surface area (Å²) in [5.74, 6) is 0. The standard InChI is InChI=1S/C8H11NO2S/c1-9-7-3-5-8(6-4-7)12(10)11-2/h3-6,9H,1-2H3. The molecule has 0 saturated carbocycles. The molecule has 0 amide bonds. The number of rotatable bonds is 3. The van der Waals surface area contributed by atoms with E-state index in [1.807, 2.05) is 19.2 Å². The van der Waals surface area contributed by atoms with E-state index < -0.39 is 11.1 Å². The molecule has 66 valence electrons. The third-order valence-electron chi connectivity index (χ3n) is 1.49. The topological polar surface area (TPSA) is 38.3 Å². The predicted octanol–water partition coefficient (Wildman–Crippen LogP) is 1.40. The third kappa shape index (κ3) is 2.06. The van der Waals surface area contributed by atoms with Gasteiger partial charge in [0.25, 0.3) is 0 Å². The summed E-state index contributed by atoms with van der Waals surface area (Å²) in [4.78, 5) is 0.677. The zero-order valence-electron chi connectivity index (χ0n) is 7.03. The second-order valence-electron chi connectivity index (χ2n) is 2.18. The molecule has 1 rings (SSSR count). The van der Waals surface area contributed by atoms with Crippen molar-refractivity contribution in [3.8, 4) is 0 Å². The minimum absolute atomic E-state index is 0.677. The molecule has 1 aromatic carbocycles. The van der Waals surface area contributed by atoms with Crippen molar-refractivity contribution in [1.82, 2.24) is 0 Å². The van der Waals surface area contributed by atoms with Gasteiger partial charge in [0.05, 0.1) is 12.0 Å². The molecule has 0 fully saturated rings. The van der Waals surface area contributed by atoms with E-state index in [9.17, 15) is 4.21 Å². The van der Waals surface area contributed by atoms with E-state index >= 15 is 0 Å². The van der Waals surface area contributed by atoms with Crippen molar-refractivity contribution >= 4 is 16.8 Å². The lowest BCUT2D eigenvalue weighted by molar-refractivity contribution is 0.446. The van der Waals surface area contributed by atoms with Crippen LogP contribution in [0.3, 0.4) is 0 Å². The molecule has 0 radical (unpaired) electrons. The Kier molecular flexibility index (Phi) is 3.25. The van der Waals surface area contributed by atoms with E-state index in [-0.39, 0.29) is 0 Å². The maximum atomic E-state index is 11.1. The van der Waals surface area contributed by atoms with Crippen molar-refractivity contribution in [1.29, 1.82) is 0 Å². The molecular formula is C8H11NO2S. The van der Waals surface area contributed by atoms with Gasteiger partial charge in [0.1, 0.15) is 0 Å². The van der Waals surface area contributed by atoms with Crippen molar-refractivity contribution in [2.24, 2.45) is 0 Å². The summed E-state index contributed by atoms with van der Waals surface area (Å²) in [6.07, 6.45) is 0. The summed E-state index contributed by atoms with van der Waals surface area (Å²) in [5.41, 5.74) is 0.992. The molecule has 0 aromatic heterocycles. The maximum Gasteiger partial charge on any atom is 0.188 e. The van der Waals surface area contributed by atoms with Crippen molar-refractivity contribution in [2.45, 2.75) is 4.90 Å². The van der Waals surface area contributed by atoms with Crippen LogP contribution in [0.4, 0.5) is 5.69 Å². The Morgan fingerprint density at radius 3 is 2.33 bits per heavy atom. The van der Waals surface area contributed by atoms with Crippen molar-refractivity contribution in [2.75, 3.05) is 19.5 Å². The molecule has 4 heteroatoms. The van der Waals surface area contributed by atoms with Crippen LogP contribution < -0.4 is 5.32 Å². The normalized spacial score (nSPS) is 12.5. The van der Waals surface area contributed by atoms with Crippen LogP contribution in [0.1, 0.15) is 0 Å². The van der Waals surface area contributed by atoms with Gasteiger partial charge >= 0.3 is 0 Å². The van der Waals surface area contributed by atoms with Gasteiger partial charge in [-0.05, 0) is 24.3 Å². The van der Waals surface area contributed by atoms with E-state index in [1.54, 1.807) is 12.1 Å². The monoisotopic (exact) mass is 185 g/mol. The predicted molar refractivity (Wildman–Crippen MR) is 49.4 cm³/mol. The Morgan fingerprint density at radius 2 is 1.92 bits per heavy atom. The summed E-state index contributed by atoms with van der Waals surface area (Å²) in [6, 6.07) is 7.25. The van der Waals surface area contributed by atoms with Crippen LogP contribution in [0.25, 0.3) is 0 Å². The first-order chi connectivity index (χ1) is 5.77. The van der Waals surface area contributed by atoms with Crippen LogP contribution in [0, 0.1) is 0 Å². The second kappa shape index (κ2) is 4.23. The lowest BCUT2D eigenvalue weighted by Gasteiger charge is -2.01. The molecule has 0 spiro atoms. The lowest BCUT2D eigenvalue weighted by Crippen LogP contribution is -1.93. The van der Waals surface area contributed by atoms with Crippen LogP contribution in [-0.2, 0) is 15.3 Å². The summed E-state index contributed by atoms with van der Waals surface area (Å²) in [5, 5.41) is 2.97. The highest BCUT2D eigenvalue weighted by molar-refractivity contribution is 7.80. The molecular weight excluding hydrogens is 174 g/mol. The van der Waals surface area contributed by atoms with Gasteiger partial charge in [0.2, 0.25) is 0 Å². The van der Waals surface area contributed by atoms with Crippen LogP contribution >= 0.6 is 0 Å². The average Bonchev–Trinajstić information content (AvgIpc) is 2.17. The fourth-order valence-corrected chi connectivity index (χ4v) is 1.38. The van der Waals surface area contributed by atoms with E-state index in [4.69, 9.17) is 0 Å². The Morgan fingerprint density at radius 1 is 1.33 bits per heavy atom. The van der Waals surface area contributed by atoms with Crippen LogP contribution in [0.5, 0.6) is 0 Å². The van der Waals surface area contributed by atoms with Crippen molar-refractivity contribution < 1.29 is 8.39 Å². The highest BCUT2D eigenvalue weighted by atomic mass is 32.2.